The van der Waals surface area contributed by atoms with E-state index in [0.717, 1.165) is 32.2 Å². The number of aliphatic hydroxyl groups is 1. The molecule has 0 atom stereocenters. The molecule has 3 heteroatoms. The van der Waals surface area contributed by atoms with Crippen molar-refractivity contribution in [2.45, 2.75) is 25.7 Å². The summed E-state index contributed by atoms with van der Waals surface area (Å²) in [6.45, 7) is 1.38. The number of hydrogen-bond donors (Lipinski definition) is 2. The van der Waals surface area contributed by atoms with E-state index in [1.165, 1.54) is 0 Å². The summed E-state index contributed by atoms with van der Waals surface area (Å²) in [4.78, 5) is 0. The molecule has 0 saturated heterocycles. The molecule has 0 radical (unpaired) electrons. The summed E-state index contributed by atoms with van der Waals surface area (Å²) in [7, 11) is 0. The van der Waals surface area contributed by atoms with Crippen molar-refractivity contribution in [1.82, 2.24) is 5.32 Å². The van der Waals surface area contributed by atoms with Gasteiger partial charge in [-0.05, 0) is 19.4 Å². The number of alkyl halides is 1. The standard InChI is InChI=1S/C8H18FNO/c9-5-7-10-6-3-1-2-4-8-11/h10-11H,1-8H2. The predicted molar refractivity (Wildman–Crippen MR) is 44.4 cm³/mol. The Bertz CT molecular complexity index is 63.1. The Hall–Kier alpha value is -0.150. The van der Waals surface area contributed by atoms with Crippen LogP contribution in [-0.2, 0) is 0 Å². The minimum atomic E-state index is -0.281. The van der Waals surface area contributed by atoms with Crippen molar-refractivity contribution < 1.29 is 9.50 Å². The zero-order chi connectivity index (χ0) is 8.36. The summed E-state index contributed by atoms with van der Waals surface area (Å²) in [6, 6.07) is 0. The van der Waals surface area contributed by atoms with Crippen LogP contribution in [0.1, 0.15) is 25.7 Å². The normalized spacial score (nSPS) is 10.4. The van der Waals surface area contributed by atoms with Crippen LogP contribution in [0.4, 0.5) is 4.39 Å². The summed E-state index contributed by atoms with van der Waals surface area (Å²) >= 11 is 0. The van der Waals surface area contributed by atoms with Gasteiger partial charge in [0.25, 0.3) is 0 Å². The fourth-order valence-corrected chi connectivity index (χ4v) is 0.907. The van der Waals surface area contributed by atoms with Gasteiger partial charge >= 0.3 is 0 Å². The first-order chi connectivity index (χ1) is 5.41. The fourth-order valence-electron chi connectivity index (χ4n) is 0.907. The Morgan fingerprint density at radius 1 is 1.00 bits per heavy atom. The Kier molecular flexibility index (Phi) is 9.72. The zero-order valence-electron chi connectivity index (χ0n) is 6.98. The maximum atomic E-state index is 11.5. The molecule has 2 N–H and O–H groups in total. The highest BCUT2D eigenvalue weighted by Crippen LogP contribution is 1.96. The quantitative estimate of drug-likeness (QED) is 0.525. The van der Waals surface area contributed by atoms with E-state index in [0.29, 0.717) is 6.54 Å². The van der Waals surface area contributed by atoms with E-state index in [-0.39, 0.29) is 13.3 Å². The molecule has 0 aromatic carbocycles. The van der Waals surface area contributed by atoms with Crippen LogP contribution < -0.4 is 5.32 Å². The molecule has 2 nitrogen and oxygen atoms in total. The second-order valence-corrected chi connectivity index (χ2v) is 2.58. The number of aliphatic hydroxyl groups excluding tert-OH is 1. The highest BCUT2D eigenvalue weighted by molar-refractivity contribution is 4.47. The van der Waals surface area contributed by atoms with Gasteiger partial charge in [-0.2, -0.15) is 0 Å². The average Bonchev–Trinajstić information content (AvgIpc) is 2.03. The van der Waals surface area contributed by atoms with Gasteiger partial charge in [0.05, 0.1) is 0 Å². The van der Waals surface area contributed by atoms with Gasteiger partial charge in [0, 0.05) is 13.2 Å². The molecule has 0 rings (SSSR count). The average molecular weight is 163 g/mol. The molecule has 0 spiro atoms. The largest absolute Gasteiger partial charge is 0.396 e. The van der Waals surface area contributed by atoms with E-state index in [2.05, 4.69) is 5.32 Å². The number of hydrogen-bond acceptors (Lipinski definition) is 2. The van der Waals surface area contributed by atoms with Crippen LogP contribution in [0.15, 0.2) is 0 Å². The van der Waals surface area contributed by atoms with Crippen molar-refractivity contribution in [3.05, 3.63) is 0 Å². The molecule has 0 bridgehead atoms. The third kappa shape index (κ3) is 9.85. The topological polar surface area (TPSA) is 32.3 Å². The lowest BCUT2D eigenvalue weighted by Gasteiger charge is -2.00. The Morgan fingerprint density at radius 2 is 1.73 bits per heavy atom. The minimum absolute atomic E-state index is 0.281. The number of rotatable bonds is 8. The number of unbranched alkanes of at least 4 members (excludes halogenated alkanes) is 3. The summed E-state index contributed by atoms with van der Waals surface area (Å²) in [5.41, 5.74) is 0. The SMILES string of the molecule is OCCCCCCNCCF. The molecule has 0 aliphatic heterocycles. The zero-order valence-corrected chi connectivity index (χ0v) is 6.98. The molecule has 0 fully saturated rings. The Morgan fingerprint density at radius 3 is 2.36 bits per heavy atom. The first-order valence-electron chi connectivity index (χ1n) is 4.29. The predicted octanol–water partition coefficient (Wildman–Crippen LogP) is 1.10. The van der Waals surface area contributed by atoms with Crippen LogP contribution in [0, 0.1) is 0 Å². The van der Waals surface area contributed by atoms with Crippen molar-refractivity contribution >= 4 is 0 Å². The van der Waals surface area contributed by atoms with E-state index in [1.54, 1.807) is 0 Å². The summed E-state index contributed by atoms with van der Waals surface area (Å²) < 4.78 is 11.5. The lowest BCUT2D eigenvalue weighted by Crippen LogP contribution is -2.17. The molecular formula is C8H18FNO. The molecule has 0 aliphatic carbocycles. The van der Waals surface area contributed by atoms with Crippen LogP contribution in [0.3, 0.4) is 0 Å². The first kappa shape index (κ1) is 10.8. The van der Waals surface area contributed by atoms with Crippen LogP contribution >= 0.6 is 0 Å². The summed E-state index contributed by atoms with van der Waals surface area (Å²) in [6.07, 6.45) is 4.18. The number of halogens is 1. The van der Waals surface area contributed by atoms with Crippen LogP contribution in [0.2, 0.25) is 0 Å². The molecule has 0 heterocycles. The van der Waals surface area contributed by atoms with Crippen molar-refractivity contribution in [3.63, 3.8) is 0 Å². The highest BCUT2D eigenvalue weighted by Gasteiger charge is 1.88. The smallest absolute Gasteiger partial charge is 0.102 e. The van der Waals surface area contributed by atoms with Crippen molar-refractivity contribution in [2.75, 3.05) is 26.4 Å². The Labute approximate surface area is 67.8 Å². The van der Waals surface area contributed by atoms with E-state index >= 15 is 0 Å². The molecule has 0 aromatic heterocycles. The second-order valence-electron chi connectivity index (χ2n) is 2.58. The van der Waals surface area contributed by atoms with Gasteiger partial charge in [0.15, 0.2) is 0 Å². The van der Waals surface area contributed by atoms with E-state index in [1.807, 2.05) is 0 Å². The molecule has 0 amide bonds. The van der Waals surface area contributed by atoms with Crippen molar-refractivity contribution in [3.8, 4) is 0 Å². The summed E-state index contributed by atoms with van der Waals surface area (Å²) in [5.74, 6) is 0. The lowest BCUT2D eigenvalue weighted by atomic mass is 10.2. The maximum absolute atomic E-state index is 11.5. The maximum Gasteiger partial charge on any atom is 0.102 e. The van der Waals surface area contributed by atoms with Gasteiger partial charge < -0.3 is 10.4 Å². The third-order valence-corrected chi connectivity index (χ3v) is 1.53. The van der Waals surface area contributed by atoms with Crippen LogP contribution in [-0.4, -0.2) is 31.5 Å². The number of nitrogens with one attached hydrogen (secondary N) is 1. The molecule has 0 aliphatic rings. The van der Waals surface area contributed by atoms with Gasteiger partial charge in [-0.1, -0.05) is 12.8 Å². The minimum Gasteiger partial charge on any atom is -0.396 e. The van der Waals surface area contributed by atoms with Gasteiger partial charge in [-0.25, -0.2) is 4.39 Å². The molecule has 0 aromatic rings. The fraction of sp³-hybridized carbons (Fsp3) is 1.00. The first-order valence-corrected chi connectivity index (χ1v) is 4.29. The van der Waals surface area contributed by atoms with Crippen molar-refractivity contribution in [1.29, 1.82) is 0 Å². The highest BCUT2D eigenvalue weighted by atomic mass is 19.1. The third-order valence-electron chi connectivity index (χ3n) is 1.53. The molecule has 0 saturated carbocycles. The molecule has 0 unspecified atom stereocenters. The molecule has 11 heavy (non-hydrogen) atoms. The van der Waals surface area contributed by atoms with Gasteiger partial charge in [-0.15, -0.1) is 0 Å². The lowest BCUT2D eigenvalue weighted by molar-refractivity contribution is 0.282. The van der Waals surface area contributed by atoms with Crippen LogP contribution in [0.25, 0.3) is 0 Å². The Balaban J connectivity index is 2.69. The summed E-state index contributed by atoms with van der Waals surface area (Å²) in [5, 5.41) is 11.4. The second kappa shape index (κ2) is 9.85. The van der Waals surface area contributed by atoms with E-state index in [4.69, 9.17) is 5.11 Å². The van der Waals surface area contributed by atoms with Gasteiger partial charge in [-0.3, -0.25) is 0 Å². The molecular weight excluding hydrogens is 145 g/mol. The van der Waals surface area contributed by atoms with Crippen molar-refractivity contribution in [2.24, 2.45) is 0 Å². The van der Waals surface area contributed by atoms with E-state index in [9.17, 15) is 4.39 Å². The van der Waals surface area contributed by atoms with Gasteiger partial charge in [0.1, 0.15) is 6.67 Å². The van der Waals surface area contributed by atoms with Crippen LogP contribution in [0.5, 0.6) is 0 Å². The molecule has 68 valence electrons. The monoisotopic (exact) mass is 163 g/mol. The van der Waals surface area contributed by atoms with Gasteiger partial charge in [0.2, 0.25) is 0 Å². The van der Waals surface area contributed by atoms with E-state index < -0.39 is 0 Å².